The second-order valence-corrected chi connectivity index (χ2v) is 9.71. The van der Waals surface area contributed by atoms with Crippen molar-refractivity contribution >= 4 is 41.9 Å². The summed E-state index contributed by atoms with van der Waals surface area (Å²) in [6.07, 6.45) is 3.24. The molecule has 2 heterocycles. The Bertz CT molecular complexity index is 1060. The molecule has 1 radical (unpaired) electrons. The molecule has 1 aliphatic carbocycles. The maximum atomic E-state index is 12.8. The van der Waals surface area contributed by atoms with Crippen LogP contribution in [0.4, 0.5) is 5.69 Å². The summed E-state index contributed by atoms with van der Waals surface area (Å²) in [5, 5.41) is 3.26. The number of rotatable bonds is 7. The van der Waals surface area contributed by atoms with E-state index in [9.17, 15) is 9.59 Å². The summed E-state index contributed by atoms with van der Waals surface area (Å²) in [5.41, 5.74) is 2.46. The monoisotopic (exact) mass is 465 g/mol. The van der Waals surface area contributed by atoms with Gasteiger partial charge in [-0.1, -0.05) is 29.2 Å². The highest BCUT2D eigenvalue weighted by atomic mass is 35.5. The van der Waals surface area contributed by atoms with Crippen LogP contribution in [0, 0.1) is 0 Å². The average Bonchev–Trinajstić information content (AvgIpc) is 3.56. The molecule has 2 fully saturated rings. The molecule has 0 aromatic heterocycles. The minimum atomic E-state index is -0.465. The number of hydrogen-bond acceptors (Lipinski definition) is 5. The second-order valence-electron chi connectivity index (χ2n) is 9.28. The van der Waals surface area contributed by atoms with E-state index >= 15 is 0 Å². The molecule has 0 atom stereocenters. The molecule has 3 aliphatic rings. The number of ether oxygens (including phenoxy) is 2. The van der Waals surface area contributed by atoms with Crippen LogP contribution in [0.25, 0.3) is 0 Å². The molecule has 1 saturated heterocycles. The predicted octanol–water partition coefficient (Wildman–Crippen LogP) is 3.16. The van der Waals surface area contributed by atoms with Gasteiger partial charge in [-0.05, 0) is 74.7 Å². The number of piperidine rings is 1. The fourth-order valence-corrected chi connectivity index (χ4v) is 5.23. The first-order valence-corrected chi connectivity index (χ1v) is 11.8. The van der Waals surface area contributed by atoms with Crippen LogP contribution in [0.15, 0.2) is 42.5 Å². The van der Waals surface area contributed by atoms with Crippen molar-refractivity contribution in [1.82, 2.24) is 4.90 Å². The summed E-state index contributed by atoms with van der Waals surface area (Å²) < 4.78 is 10.9. The van der Waals surface area contributed by atoms with Crippen LogP contribution < -0.4 is 15.5 Å². The van der Waals surface area contributed by atoms with Gasteiger partial charge in [0.15, 0.2) is 7.28 Å². The highest BCUT2D eigenvalue weighted by Gasteiger charge is 2.51. The average molecular weight is 466 g/mol. The van der Waals surface area contributed by atoms with Crippen LogP contribution in [0.1, 0.15) is 31.2 Å². The normalized spacial score (nSPS) is 20.1. The molecule has 2 aromatic rings. The molecule has 5 rings (SSSR count). The molecular formula is C25H27BClN2O4. The molecule has 6 nitrogen and oxygen atoms in total. The first kappa shape index (κ1) is 22.3. The Balaban J connectivity index is 1.11. The van der Waals surface area contributed by atoms with E-state index in [-0.39, 0.29) is 11.9 Å². The van der Waals surface area contributed by atoms with Crippen molar-refractivity contribution in [2.75, 3.05) is 38.7 Å². The number of likely N-dealkylation sites (tertiary alicyclic amines) is 1. The molecule has 33 heavy (non-hydrogen) atoms. The smallest absolute Gasteiger partial charge is 0.304 e. The number of carbonyl (C=O) groups is 2. The molecule has 1 N–H and O–H groups in total. The molecular weight excluding hydrogens is 439 g/mol. The Morgan fingerprint density at radius 1 is 1.12 bits per heavy atom. The van der Waals surface area contributed by atoms with Crippen LogP contribution in [0.5, 0.6) is 5.75 Å². The summed E-state index contributed by atoms with van der Waals surface area (Å²) in [7, 11) is 3.43. The fraction of sp³-hybridized carbons (Fsp3) is 0.440. The van der Waals surface area contributed by atoms with Crippen LogP contribution in [0.3, 0.4) is 0 Å². The number of nitrogens with one attached hydrogen (secondary N) is 1. The van der Waals surface area contributed by atoms with Gasteiger partial charge >= 0.3 is 5.97 Å². The number of esters is 1. The summed E-state index contributed by atoms with van der Waals surface area (Å²) in [4.78, 5) is 27.0. The zero-order chi connectivity index (χ0) is 23.1. The minimum absolute atomic E-state index is 0.0905. The van der Waals surface area contributed by atoms with E-state index in [2.05, 4.69) is 10.2 Å². The third-order valence-electron chi connectivity index (χ3n) is 7.27. The number of hydrogen-bond donors (Lipinski definition) is 1. The molecule has 8 heteroatoms. The molecule has 1 amide bonds. The first-order valence-electron chi connectivity index (χ1n) is 11.5. The van der Waals surface area contributed by atoms with E-state index in [1.807, 2.05) is 49.7 Å². The van der Waals surface area contributed by atoms with Crippen molar-refractivity contribution in [1.29, 1.82) is 0 Å². The van der Waals surface area contributed by atoms with Gasteiger partial charge in [-0.25, -0.2) is 0 Å². The van der Waals surface area contributed by atoms with Gasteiger partial charge in [0.2, 0.25) is 5.91 Å². The number of nitrogens with zero attached hydrogens (tertiary/aromatic N) is 1. The third-order valence-corrected chi connectivity index (χ3v) is 7.50. The lowest BCUT2D eigenvalue weighted by Gasteiger charge is -2.38. The number of carbonyl (C=O) groups excluding carboxylic acids is 2. The molecule has 0 unspecified atom stereocenters. The molecule has 0 bridgehead atoms. The number of halogens is 1. The van der Waals surface area contributed by atoms with Crippen molar-refractivity contribution in [3.05, 3.63) is 53.1 Å². The van der Waals surface area contributed by atoms with E-state index < -0.39 is 10.7 Å². The van der Waals surface area contributed by atoms with Gasteiger partial charge < -0.3 is 14.8 Å². The Morgan fingerprint density at radius 3 is 2.52 bits per heavy atom. The zero-order valence-corrected chi connectivity index (χ0v) is 19.5. The zero-order valence-electron chi connectivity index (χ0n) is 18.7. The molecule has 2 aliphatic heterocycles. The summed E-state index contributed by atoms with van der Waals surface area (Å²) in [5.74, 6) is 0.739. The number of methoxy groups -OCH3 is 1. The van der Waals surface area contributed by atoms with Gasteiger partial charge in [-0.15, -0.1) is 0 Å². The Morgan fingerprint density at radius 2 is 1.85 bits per heavy atom. The van der Waals surface area contributed by atoms with Crippen LogP contribution in [0.2, 0.25) is 10.3 Å². The second kappa shape index (κ2) is 8.69. The maximum Gasteiger partial charge on any atom is 0.304 e. The first-order chi connectivity index (χ1) is 15.9. The fourth-order valence-electron chi connectivity index (χ4n) is 5.06. The van der Waals surface area contributed by atoms with Gasteiger partial charge in [-0.2, -0.15) is 0 Å². The number of fused-ring (bicyclic) bond motifs is 2. The van der Waals surface area contributed by atoms with Crippen molar-refractivity contribution < 1.29 is 19.1 Å². The Hall–Kier alpha value is -2.51. The third kappa shape index (κ3) is 4.24. The Kier molecular flexibility index (Phi) is 5.87. The van der Waals surface area contributed by atoms with Crippen LogP contribution in [-0.2, 0) is 19.7 Å². The van der Waals surface area contributed by atoms with Crippen molar-refractivity contribution in [3.8, 4) is 5.75 Å². The van der Waals surface area contributed by atoms with Crippen molar-refractivity contribution in [2.24, 2.45) is 0 Å². The SMILES string of the molecule is COC(=O)C1([B]c2ccc(OCCN3CCC4(CC3)C(=O)Nc3ccc(Cl)cc34)cc2)CC1. The van der Waals surface area contributed by atoms with Crippen molar-refractivity contribution in [2.45, 2.75) is 36.4 Å². The topological polar surface area (TPSA) is 67.9 Å². The van der Waals surface area contributed by atoms with Gasteiger partial charge in [0, 0.05) is 22.6 Å². The summed E-state index contributed by atoms with van der Waals surface area (Å²) in [6, 6.07) is 13.5. The molecule has 171 valence electrons. The lowest BCUT2D eigenvalue weighted by atomic mass is 9.56. The summed E-state index contributed by atoms with van der Waals surface area (Å²) >= 11 is 6.21. The van der Waals surface area contributed by atoms with Gasteiger partial charge in [0.25, 0.3) is 0 Å². The molecule has 1 saturated carbocycles. The standard InChI is InChI=1S/C25H27BClN2O4/c1-32-23(31)25(8-9-25)26-17-2-5-19(6-3-17)33-15-14-29-12-10-24(11-13-29)20-16-18(27)4-7-21(20)28-22(24)30/h2-7,16H,8-15H2,1H3,(H,28,30). The highest BCUT2D eigenvalue weighted by Crippen LogP contribution is 2.53. The van der Waals surface area contributed by atoms with E-state index in [1.54, 1.807) is 0 Å². The Labute approximate surface area is 199 Å². The van der Waals surface area contributed by atoms with E-state index in [0.717, 1.165) is 67.8 Å². The predicted molar refractivity (Wildman–Crippen MR) is 129 cm³/mol. The van der Waals surface area contributed by atoms with E-state index in [4.69, 9.17) is 21.1 Å². The summed E-state index contributed by atoms with van der Waals surface area (Å²) in [6.45, 7) is 3.06. The quantitative estimate of drug-likeness (QED) is 0.502. The molecule has 1 spiro atoms. The number of amides is 1. The highest BCUT2D eigenvalue weighted by molar-refractivity contribution is 6.62. The van der Waals surface area contributed by atoms with Crippen LogP contribution in [-0.4, -0.2) is 57.4 Å². The number of anilines is 1. The van der Waals surface area contributed by atoms with Crippen molar-refractivity contribution in [3.63, 3.8) is 0 Å². The minimum Gasteiger partial charge on any atom is -0.492 e. The number of benzene rings is 2. The van der Waals surface area contributed by atoms with Crippen LogP contribution >= 0.6 is 11.6 Å². The largest absolute Gasteiger partial charge is 0.492 e. The molecule has 2 aromatic carbocycles. The van der Waals surface area contributed by atoms with Gasteiger partial charge in [0.05, 0.1) is 12.5 Å². The lowest BCUT2D eigenvalue weighted by molar-refractivity contribution is -0.141. The maximum absolute atomic E-state index is 12.8. The van der Waals surface area contributed by atoms with Gasteiger partial charge in [-0.3, -0.25) is 14.5 Å². The lowest BCUT2D eigenvalue weighted by Crippen LogP contribution is -2.47. The van der Waals surface area contributed by atoms with E-state index in [0.29, 0.717) is 11.6 Å². The van der Waals surface area contributed by atoms with Gasteiger partial charge in [0.1, 0.15) is 12.4 Å². The van der Waals surface area contributed by atoms with E-state index in [1.165, 1.54) is 7.11 Å².